The van der Waals surface area contributed by atoms with Gasteiger partial charge in [0.15, 0.2) is 5.34 Å². The van der Waals surface area contributed by atoms with E-state index >= 15 is 0 Å². The van der Waals surface area contributed by atoms with Crippen LogP contribution in [-0.4, -0.2) is 61.6 Å². The monoisotopic (exact) mass is 181 g/mol. The molecular weight excluding hydrogens is 178 g/mol. The molecule has 0 fully saturated rings. The van der Waals surface area contributed by atoms with E-state index in [1.54, 1.807) is 0 Å². The van der Waals surface area contributed by atoms with E-state index in [-0.39, 0.29) is 37.7 Å². The summed E-state index contributed by atoms with van der Waals surface area (Å²) < 4.78 is 0. The van der Waals surface area contributed by atoms with Crippen LogP contribution in [0.4, 0.5) is 0 Å². The molecule has 0 rings (SSSR count). The maximum atomic E-state index is 8.80. The van der Waals surface area contributed by atoms with E-state index in [4.69, 9.17) is 29.3 Å². The zero-order valence-electron chi connectivity index (χ0n) is 4.22. The Morgan fingerprint density at radius 2 is 1.33 bits per heavy atom. The van der Waals surface area contributed by atoms with Gasteiger partial charge < -0.3 is 24.4 Å². The molecular formula is H3CaNO6Si. The molecule has 0 unspecified atom stereocenters. The second-order valence-corrected chi connectivity index (χ2v) is 1.73. The van der Waals surface area contributed by atoms with E-state index < -0.39 is 9.05 Å². The molecule has 0 aliphatic rings. The summed E-state index contributed by atoms with van der Waals surface area (Å²) in [6.45, 7) is 0. The Balaban J connectivity index is -0.0000000800. The molecule has 7 nitrogen and oxygen atoms in total. The molecule has 0 bridgehead atoms. The van der Waals surface area contributed by atoms with E-state index in [2.05, 4.69) is 0 Å². The van der Waals surface area contributed by atoms with Crippen molar-refractivity contribution in [1.29, 1.82) is 0 Å². The van der Waals surface area contributed by atoms with E-state index in [1.165, 1.54) is 5.34 Å². The van der Waals surface area contributed by atoms with Crippen molar-refractivity contribution in [3.05, 3.63) is 4.91 Å². The van der Waals surface area contributed by atoms with Crippen molar-refractivity contribution in [3.63, 3.8) is 0 Å². The van der Waals surface area contributed by atoms with E-state index in [0.717, 1.165) is 0 Å². The van der Waals surface area contributed by atoms with Crippen LogP contribution in [0.2, 0.25) is 0 Å². The van der Waals surface area contributed by atoms with Crippen LogP contribution in [-0.2, 0) is 0 Å². The fourth-order valence-electron chi connectivity index (χ4n) is 0. The molecule has 9 heavy (non-hydrogen) atoms. The molecule has 0 aromatic carbocycles. The molecule has 0 saturated heterocycles. The molecule has 0 saturated carbocycles. The fourth-order valence-corrected chi connectivity index (χ4v) is 0. The Morgan fingerprint density at radius 3 is 1.33 bits per heavy atom. The van der Waals surface area contributed by atoms with Gasteiger partial charge in [0.25, 0.3) is 0 Å². The van der Waals surface area contributed by atoms with Crippen LogP contribution >= 0.6 is 0 Å². The Hall–Kier alpha value is 0.717. The Bertz CT molecular complexity index is 52.6. The molecule has 0 aliphatic carbocycles. The second-order valence-electron chi connectivity index (χ2n) is 0.630. The van der Waals surface area contributed by atoms with Crippen LogP contribution in [0, 0.1) is 4.91 Å². The number of hydrogen-bond donors (Lipinski definition) is 3. The van der Waals surface area contributed by atoms with Crippen molar-refractivity contribution in [2.75, 3.05) is 0 Å². The number of nitrogens with zero attached hydrogens (tertiary/aromatic N) is 1. The van der Waals surface area contributed by atoms with Crippen LogP contribution < -0.4 is 9.59 Å². The van der Waals surface area contributed by atoms with Gasteiger partial charge in [-0.05, 0) is 0 Å². The molecule has 0 heterocycles. The summed E-state index contributed by atoms with van der Waals surface area (Å²) in [6, 6.07) is 0. The molecule has 0 atom stereocenters. The predicted molar refractivity (Wildman–Crippen MR) is 23.5 cm³/mol. The smallest absolute Gasteiger partial charge is 0.828 e. The molecule has 50 valence electrons. The Morgan fingerprint density at radius 1 is 1.33 bits per heavy atom. The minimum absolute atomic E-state index is 0. The third kappa shape index (κ3) is 766. The van der Waals surface area contributed by atoms with Crippen LogP contribution in [0.15, 0.2) is 5.34 Å². The maximum Gasteiger partial charge on any atom is 2.00 e. The summed E-state index contributed by atoms with van der Waals surface area (Å²) >= 11 is 0. The van der Waals surface area contributed by atoms with Gasteiger partial charge in [0.2, 0.25) is 0 Å². The van der Waals surface area contributed by atoms with Gasteiger partial charge >= 0.3 is 37.7 Å². The maximum absolute atomic E-state index is 8.80. The quantitative estimate of drug-likeness (QED) is 0.197. The standard InChI is InChI=1S/Ca.HNO2.H2O4Si/c;2-1-3;1-5(2,3)4/h;(H,2,3);1-2H/q+2;;-2. The average Bonchev–Trinajstić information content (AvgIpc) is 1.27. The first-order valence-corrected chi connectivity index (χ1v) is 2.95. The van der Waals surface area contributed by atoms with Gasteiger partial charge in [-0.1, -0.05) is 0 Å². The van der Waals surface area contributed by atoms with Gasteiger partial charge in [-0.25, -0.2) is 0 Å². The Kier molecular flexibility index (Phi) is 15.8. The molecule has 0 aliphatic heterocycles. The van der Waals surface area contributed by atoms with Gasteiger partial charge in [0, 0.05) is 0 Å². The van der Waals surface area contributed by atoms with Gasteiger partial charge in [-0.15, -0.1) is 4.91 Å². The first-order valence-electron chi connectivity index (χ1n) is 1.24. The van der Waals surface area contributed by atoms with E-state index in [1.807, 2.05) is 0 Å². The van der Waals surface area contributed by atoms with Crippen molar-refractivity contribution >= 4 is 46.8 Å². The van der Waals surface area contributed by atoms with Gasteiger partial charge in [-0.2, -0.15) is 0 Å². The minimum Gasteiger partial charge on any atom is -0.828 e. The summed E-state index contributed by atoms with van der Waals surface area (Å²) in [5.74, 6) is 0. The second kappa shape index (κ2) is 8.72. The molecule has 0 radical (unpaired) electrons. The Labute approximate surface area is 81.0 Å². The first kappa shape index (κ1) is 16.4. The number of rotatable bonds is 0. The summed E-state index contributed by atoms with van der Waals surface area (Å²) in [7, 11) is -5.11. The molecule has 0 spiro atoms. The molecule has 9 heteroatoms. The SMILES string of the molecule is O=NO.[Ca+2].[O-][Si]([O-])(O)O. The molecule has 0 amide bonds. The van der Waals surface area contributed by atoms with Gasteiger partial charge in [0.05, 0.1) is 0 Å². The van der Waals surface area contributed by atoms with Crippen molar-refractivity contribution in [2.24, 2.45) is 5.34 Å². The average molecular weight is 181 g/mol. The molecule has 0 aromatic heterocycles. The first-order chi connectivity index (χ1) is 3.41. The van der Waals surface area contributed by atoms with Crippen LogP contribution in [0.5, 0.6) is 0 Å². The fraction of sp³-hybridized carbons (Fsp3) is 0. The van der Waals surface area contributed by atoms with Gasteiger partial charge in [-0.3, -0.25) is 0 Å². The topological polar surface area (TPSA) is 136 Å². The summed E-state index contributed by atoms with van der Waals surface area (Å²) in [5, 5.41) is 7.89. The van der Waals surface area contributed by atoms with Gasteiger partial charge in [0.1, 0.15) is 9.05 Å². The summed E-state index contributed by atoms with van der Waals surface area (Å²) in [6.07, 6.45) is 0. The third-order valence-corrected chi connectivity index (χ3v) is 0. The van der Waals surface area contributed by atoms with Crippen LogP contribution in [0.3, 0.4) is 0 Å². The zero-order chi connectivity index (χ0) is 7.21. The largest absolute Gasteiger partial charge is 2.00 e. The van der Waals surface area contributed by atoms with Crippen molar-refractivity contribution < 1.29 is 24.4 Å². The summed E-state index contributed by atoms with van der Waals surface area (Å²) in [5.41, 5.74) is 0. The summed E-state index contributed by atoms with van der Waals surface area (Å²) in [4.78, 5) is 39.9. The molecule has 3 N–H and O–H groups in total. The normalized spacial score (nSPS) is 8.00. The van der Waals surface area contributed by atoms with Crippen LogP contribution in [0.1, 0.15) is 0 Å². The van der Waals surface area contributed by atoms with Crippen molar-refractivity contribution in [2.45, 2.75) is 0 Å². The predicted octanol–water partition coefficient (Wildman–Crippen LogP) is -4.11. The van der Waals surface area contributed by atoms with Crippen molar-refractivity contribution in [1.82, 2.24) is 0 Å². The zero-order valence-corrected chi connectivity index (χ0v) is 7.43. The minimum atomic E-state index is -5.11. The van der Waals surface area contributed by atoms with Crippen molar-refractivity contribution in [3.8, 4) is 0 Å². The third-order valence-electron chi connectivity index (χ3n) is 0. The van der Waals surface area contributed by atoms with Crippen LogP contribution in [0.25, 0.3) is 0 Å². The molecule has 0 aromatic rings. The van der Waals surface area contributed by atoms with E-state index in [0.29, 0.717) is 0 Å². The number of hydrogen-bond acceptors (Lipinski definition) is 6. The van der Waals surface area contributed by atoms with E-state index in [9.17, 15) is 0 Å².